The predicted molar refractivity (Wildman–Crippen MR) is 106 cm³/mol. The van der Waals surface area contributed by atoms with Gasteiger partial charge < -0.3 is 5.32 Å². The van der Waals surface area contributed by atoms with Gasteiger partial charge in [-0.1, -0.05) is 35.9 Å². The van der Waals surface area contributed by atoms with Crippen molar-refractivity contribution in [3.63, 3.8) is 0 Å². The van der Waals surface area contributed by atoms with E-state index in [1.54, 1.807) is 19.1 Å². The fourth-order valence-electron chi connectivity index (χ4n) is 2.66. The molecule has 0 aliphatic carbocycles. The van der Waals surface area contributed by atoms with Crippen molar-refractivity contribution in [3.8, 4) is 10.6 Å². The van der Waals surface area contributed by atoms with Gasteiger partial charge in [-0.2, -0.15) is 0 Å². The maximum Gasteiger partial charge on any atom is 0.273 e. The van der Waals surface area contributed by atoms with Gasteiger partial charge in [0.05, 0.1) is 22.2 Å². The van der Waals surface area contributed by atoms with Crippen LogP contribution in [0, 0.1) is 24.0 Å². The normalized spacial score (nSPS) is 10.6. The van der Waals surface area contributed by atoms with E-state index in [0.29, 0.717) is 10.6 Å². The number of aromatic nitrogens is 1. The zero-order valence-electron chi connectivity index (χ0n) is 14.7. The molecule has 1 N–H and O–H groups in total. The van der Waals surface area contributed by atoms with Gasteiger partial charge in [-0.25, -0.2) is 4.98 Å². The van der Waals surface area contributed by atoms with Crippen LogP contribution in [0.3, 0.4) is 0 Å². The van der Waals surface area contributed by atoms with Gasteiger partial charge in [-0.3, -0.25) is 14.9 Å². The smallest absolute Gasteiger partial charge is 0.273 e. The average Bonchev–Trinajstić information content (AvgIpc) is 3.00. The van der Waals surface area contributed by atoms with E-state index in [4.69, 9.17) is 11.6 Å². The van der Waals surface area contributed by atoms with Crippen molar-refractivity contribution >= 4 is 34.5 Å². The number of nitrogens with zero attached hydrogens (tertiary/aromatic N) is 2. The molecule has 0 fully saturated rings. The number of amides is 1. The predicted octanol–water partition coefficient (Wildman–Crippen LogP) is 4.92. The molecule has 6 nitrogen and oxygen atoms in total. The summed E-state index contributed by atoms with van der Waals surface area (Å²) in [7, 11) is 0. The standard InChI is InChI=1S/C19H16ClN3O3S/c1-11-13(7-5-9-16(11)23(25)26)18(24)21-10-17-12(2)22-19(27-17)14-6-3-4-8-15(14)20/h3-9H,10H2,1-2H3,(H,21,24). The van der Waals surface area contributed by atoms with E-state index in [9.17, 15) is 14.9 Å². The lowest BCUT2D eigenvalue weighted by Gasteiger charge is -2.07. The molecule has 0 atom stereocenters. The van der Waals surface area contributed by atoms with Crippen LogP contribution in [0.15, 0.2) is 42.5 Å². The van der Waals surface area contributed by atoms with Crippen LogP contribution in [0.25, 0.3) is 10.6 Å². The fraction of sp³-hybridized carbons (Fsp3) is 0.158. The molecule has 0 saturated heterocycles. The highest BCUT2D eigenvalue weighted by Crippen LogP contribution is 2.32. The largest absolute Gasteiger partial charge is 0.347 e. The first-order valence-corrected chi connectivity index (χ1v) is 9.31. The Morgan fingerprint density at radius 2 is 1.96 bits per heavy atom. The summed E-state index contributed by atoms with van der Waals surface area (Å²) in [6, 6.07) is 11.9. The summed E-state index contributed by atoms with van der Waals surface area (Å²) in [5.41, 5.74) is 2.22. The van der Waals surface area contributed by atoms with E-state index < -0.39 is 4.92 Å². The number of nitro groups is 1. The molecular weight excluding hydrogens is 386 g/mol. The van der Waals surface area contributed by atoms with Crippen LogP contribution in [0.1, 0.15) is 26.5 Å². The quantitative estimate of drug-likeness (QED) is 0.485. The molecular formula is C19H16ClN3O3S. The number of thiazole rings is 1. The van der Waals surface area contributed by atoms with E-state index in [1.807, 2.05) is 25.1 Å². The number of aryl methyl sites for hydroxylation is 1. The van der Waals surface area contributed by atoms with E-state index in [1.165, 1.54) is 23.5 Å². The number of nitro benzene ring substituents is 1. The molecule has 1 heterocycles. The molecule has 0 aliphatic heterocycles. The molecule has 3 aromatic rings. The van der Waals surface area contributed by atoms with Crippen molar-refractivity contribution in [3.05, 3.63) is 79.3 Å². The van der Waals surface area contributed by atoms with Crippen molar-refractivity contribution in [2.75, 3.05) is 0 Å². The lowest BCUT2D eigenvalue weighted by Crippen LogP contribution is -2.23. The van der Waals surface area contributed by atoms with E-state index in [0.717, 1.165) is 21.1 Å². The highest BCUT2D eigenvalue weighted by molar-refractivity contribution is 7.15. The summed E-state index contributed by atoms with van der Waals surface area (Å²) in [6.45, 7) is 3.73. The Balaban J connectivity index is 1.78. The van der Waals surface area contributed by atoms with E-state index >= 15 is 0 Å². The molecule has 138 valence electrons. The first-order valence-electron chi connectivity index (χ1n) is 8.12. The van der Waals surface area contributed by atoms with Gasteiger partial charge in [0.25, 0.3) is 11.6 Å². The van der Waals surface area contributed by atoms with Gasteiger partial charge in [-0.05, 0) is 26.0 Å². The third kappa shape index (κ3) is 3.99. The summed E-state index contributed by atoms with van der Waals surface area (Å²) < 4.78 is 0. The Morgan fingerprint density at radius 3 is 2.67 bits per heavy atom. The molecule has 8 heteroatoms. The van der Waals surface area contributed by atoms with Crippen LogP contribution < -0.4 is 5.32 Å². The number of hydrogen-bond acceptors (Lipinski definition) is 5. The zero-order chi connectivity index (χ0) is 19.6. The highest BCUT2D eigenvalue weighted by atomic mass is 35.5. The van der Waals surface area contributed by atoms with Gasteiger partial charge in [0.2, 0.25) is 0 Å². The molecule has 0 radical (unpaired) electrons. The van der Waals surface area contributed by atoms with Crippen molar-refractivity contribution in [2.45, 2.75) is 20.4 Å². The SMILES string of the molecule is Cc1nc(-c2ccccc2Cl)sc1CNC(=O)c1cccc([N+](=O)[O-])c1C. The number of halogens is 1. The third-order valence-electron chi connectivity index (χ3n) is 4.15. The van der Waals surface area contributed by atoms with Crippen molar-refractivity contribution in [2.24, 2.45) is 0 Å². The van der Waals surface area contributed by atoms with Crippen LogP contribution in [0.5, 0.6) is 0 Å². The Hall–Kier alpha value is -2.77. The number of carbonyl (C=O) groups is 1. The first-order chi connectivity index (χ1) is 12.9. The number of hydrogen-bond donors (Lipinski definition) is 1. The zero-order valence-corrected chi connectivity index (χ0v) is 16.2. The van der Waals surface area contributed by atoms with Crippen LogP contribution >= 0.6 is 22.9 Å². The van der Waals surface area contributed by atoms with Crippen LogP contribution in [-0.4, -0.2) is 15.8 Å². The molecule has 2 aromatic carbocycles. The van der Waals surface area contributed by atoms with Gasteiger partial charge in [0.1, 0.15) is 5.01 Å². The third-order valence-corrected chi connectivity index (χ3v) is 5.67. The van der Waals surface area contributed by atoms with Gasteiger partial charge in [0, 0.05) is 27.6 Å². The molecule has 3 rings (SSSR count). The number of nitrogens with one attached hydrogen (secondary N) is 1. The maximum atomic E-state index is 12.5. The molecule has 0 bridgehead atoms. The molecule has 1 amide bonds. The second-order valence-electron chi connectivity index (χ2n) is 5.90. The molecule has 0 saturated carbocycles. The second-order valence-corrected chi connectivity index (χ2v) is 7.39. The lowest BCUT2D eigenvalue weighted by atomic mass is 10.1. The number of rotatable bonds is 5. The summed E-state index contributed by atoms with van der Waals surface area (Å²) in [5.74, 6) is -0.358. The highest BCUT2D eigenvalue weighted by Gasteiger charge is 2.18. The van der Waals surface area contributed by atoms with Crippen molar-refractivity contribution < 1.29 is 9.72 Å². The minimum Gasteiger partial charge on any atom is -0.347 e. The summed E-state index contributed by atoms with van der Waals surface area (Å²) in [6.07, 6.45) is 0. The minimum absolute atomic E-state index is 0.0716. The average molecular weight is 402 g/mol. The molecule has 0 unspecified atom stereocenters. The maximum absolute atomic E-state index is 12.5. The summed E-state index contributed by atoms with van der Waals surface area (Å²) >= 11 is 7.69. The second kappa shape index (κ2) is 7.85. The van der Waals surface area contributed by atoms with Gasteiger partial charge in [-0.15, -0.1) is 11.3 Å². The molecule has 0 spiro atoms. The summed E-state index contributed by atoms with van der Waals surface area (Å²) in [5, 5.41) is 15.3. The number of benzene rings is 2. The van der Waals surface area contributed by atoms with Gasteiger partial charge in [0.15, 0.2) is 0 Å². The number of carbonyl (C=O) groups excluding carboxylic acids is 1. The Labute approximate surface area is 165 Å². The molecule has 0 aliphatic rings. The molecule has 27 heavy (non-hydrogen) atoms. The molecule has 1 aromatic heterocycles. The van der Waals surface area contributed by atoms with Gasteiger partial charge >= 0.3 is 0 Å². The van der Waals surface area contributed by atoms with Crippen LogP contribution in [-0.2, 0) is 6.54 Å². The summed E-state index contributed by atoms with van der Waals surface area (Å²) in [4.78, 5) is 28.5. The Morgan fingerprint density at radius 1 is 1.22 bits per heavy atom. The van der Waals surface area contributed by atoms with E-state index in [2.05, 4.69) is 10.3 Å². The van der Waals surface area contributed by atoms with Crippen molar-refractivity contribution in [1.29, 1.82) is 0 Å². The van der Waals surface area contributed by atoms with Crippen LogP contribution in [0.2, 0.25) is 5.02 Å². The van der Waals surface area contributed by atoms with Crippen molar-refractivity contribution in [1.82, 2.24) is 10.3 Å². The fourth-order valence-corrected chi connectivity index (χ4v) is 3.99. The minimum atomic E-state index is -0.491. The topological polar surface area (TPSA) is 85.1 Å². The first kappa shape index (κ1) is 19.0. The lowest BCUT2D eigenvalue weighted by molar-refractivity contribution is -0.385. The van der Waals surface area contributed by atoms with E-state index in [-0.39, 0.29) is 23.7 Å². The Bertz CT molecular complexity index is 1030. The van der Waals surface area contributed by atoms with Crippen LogP contribution in [0.4, 0.5) is 5.69 Å². The monoisotopic (exact) mass is 401 g/mol. The Kier molecular flexibility index (Phi) is 5.53.